The fraction of sp³-hybridized carbons (Fsp3) is 0.333. The topological polar surface area (TPSA) is 41.5 Å². The minimum Gasteiger partial charge on any atom is -0.273 e. The molecule has 0 radical (unpaired) electrons. The van der Waals surface area contributed by atoms with Crippen LogP contribution in [0.25, 0.3) is 0 Å². The number of thioether (sulfide) groups is 1. The number of rotatable bonds is 8. The van der Waals surface area contributed by atoms with Crippen molar-refractivity contribution in [2.24, 2.45) is 5.10 Å². The molecule has 2 aromatic rings. The molecule has 0 aliphatic heterocycles. The number of carbonyl (C=O) groups is 1. The van der Waals surface area contributed by atoms with Crippen LogP contribution in [0.3, 0.4) is 0 Å². The molecular weight excluding hydrogens is 360 g/mol. The van der Waals surface area contributed by atoms with Crippen molar-refractivity contribution in [1.82, 2.24) is 5.43 Å². The highest BCUT2D eigenvalue weighted by Crippen LogP contribution is 2.25. The lowest BCUT2D eigenvalue weighted by atomic mass is 10.1. The minimum absolute atomic E-state index is 0.0673. The second kappa shape index (κ2) is 9.87. The molecule has 1 heterocycles. The summed E-state index contributed by atoms with van der Waals surface area (Å²) in [5.74, 6) is 2.03. The van der Waals surface area contributed by atoms with Crippen molar-refractivity contribution in [1.29, 1.82) is 0 Å². The monoisotopic (exact) mass is 380 g/mol. The number of benzene rings is 1. The highest BCUT2D eigenvalue weighted by Gasteiger charge is 2.11. The summed E-state index contributed by atoms with van der Waals surface area (Å²) >= 11 is 9.58. The lowest BCUT2D eigenvalue weighted by Gasteiger charge is -2.06. The van der Waals surface area contributed by atoms with Crippen molar-refractivity contribution in [3.63, 3.8) is 0 Å². The number of nitrogens with one attached hydrogen (secondary N) is 1. The standard InChI is InChI=1S/C18H21ClN2OS2/c1-3-5-17(22)20-21-18(13-6-8-14(19)9-7-13)16-11-10-15(24-16)12-23-4-2/h6-11H,3-5,12H2,1-2H3,(H,20,22). The molecule has 6 heteroatoms. The summed E-state index contributed by atoms with van der Waals surface area (Å²) in [6, 6.07) is 11.7. The Hall–Kier alpha value is -1.30. The number of nitrogens with zero attached hydrogens (tertiary/aromatic N) is 1. The average molecular weight is 381 g/mol. The van der Waals surface area contributed by atoms with Crippen molar-refractivity contribution < 1.29 is 4.79 Å². The highest BCUT2D eigenvalue weighted by atomic mass is 35.5. The summed E-state index contributed by atoms with van der Waals surface area (Å²) in [5, 5.41) is 5.06. The smallest absolute Gasteiger partial charge is 0.240 e. The van der Waals surface area contributed by atoms with Gasteiger partial charge in [-0.25, -0.2) is 5.43 Å². The van der Waals surface area contributed by atoms with Crippen LogP contribution in [0, 0.1) is 0 Å². The SMILES string of the molecule is CCCC(=O)NN=C(c1ccc(Cl)cc1)c1ccc(CSCC)s1. The molecule has 0 aliphatic carbocycles. The molecule has 0 saturated heterocycles. The summed E-state index contributed by atoms with van der Waals surface area (Å²) in [6.45, 7) is 4.13. The fourth-order valence-electron chi connectivity index (χ4n) is 2.06. The van der Waals surface area contributed by atoms with Gasteiger partial charge in [-0.3, -0.25) is 4.79 Å². The second-order valence-corrected chi connectivity index (χ2v) is 8.03. The van der Waals surface area contributed by atoms with E-state index in [-0.39, 0.29) is 5.91 Å². The Bertz CT molecular complexity index is 695. The molecule has 24 heavy (non-hydrogen) atoms. The molecule has 0 atom stereocenters. The molecule has 128 valence electrons. The maximum Gasteiger partial charge on any atom is 0.240 e. The van der Waals surface area contributed by atoms with Gasteiger partial charge < -0.3 is 0 Å². The molecule has 0 aliphatic rings. The van der Waals surface area contributed by atoms with Crippen LogP contribution in [0.2, 0.25) is 5.02 Å². The molecule has 0 saturated carbocycles. The molecular formula is C18H21ClN2OS2. The van der Waals surface area contributed by atoms with Gasteiger partial charge in [0.1, 0.15) is 5.71 Å². The van der Waals surface area contributed by atoms with E-state index < -0.39 is 0 Å². The van der Waals surface area contributed by atoms with E-state index in [4.69, 9.17) is 11.6 Å². The van der Waals surface area contributed by atoms with E-state index in [1.54, 1.807) is 11.3 Å². The van der Waals surface area contributed by atoms with Crippen molar-refractivity contribution in [3.05, 3.63) is 56.7 Å². The zero-order valence-corrected chi connectivity index (χ0v) is 16.2. The predicted molar refractivity (Wildman–Crippen MR) is 106 cm³/mol. The number of thiophene rings is 1. The number of carbonyl (C=O) groups excluding carboxylic acids is 1. The predicted octanol–water partition coefficient (Wildman–Crippen LogP) is 5.32. The van der Waals surface area contributed by atoms with Gasteiger partial charge in [-0.05, 0) is 36.4 Å². The summed E-state index contributed by atoms with van der Waals surface area (Å²) in [5.41, 5.74) is 4.38. The van der Waals surface area contributed by atoms with E-state index in [0.717, 1.165) is 34.1 Å². The van der Waals surface area contributed by atoms with E-state index in [1.807, 2.05) is 43.0 Å². The van der Waals surface area contributed by atoms with E-state index in [2.05, 4.69) is 29.6 Å². The lowest BCUT2D eigenvalue weighted by Crippen LogP contribution is -2.19. The van der Waals surface area contributed by atoms with Crippen LogP contribution in [-0.2, 0) is 10.5 Å². The first-order valence-corrected chi connectivity index (χ1v) is 10.3. The summed E-state index contributed by atoms with van der Waals surface area (Å²) < 4.78 is 0. The molecule has 1 aromatic heterocycles. The molecule has 3 nitrogen and oxygen atoms in total. The summed E-state index contributed by atoms with van der Waals surface area (Å²) in [7, 11) is 0. The first-order chi connectivity index (χ1) is 11.6. The van der Waals surface area contributed by atoms with Crippen LogP contribution in [0.5, 0.6) is 0 Å². The van der Waals surface area contributed by atoms with Gasteiger partial charge in [0.25, 0.3) is 0 Å². The van der Waals surface area contributed by atoms with E-state index >= 15 is 0 Å². The first-order valence-electron chi connectivity index (χ1n) is 7.93. The quantitative estimate of drug-likeness (QED) is 0.497. The lowest BCUT2D eigenvalue weighted by molar-refractivity contribution is -0.121. The summed E-state index contributed by atoms with van der Waals surface area (Å²) in [6.07, 6.45) is 1.27. The van der Waals surface area contributed by atoms with Crippen LogP contribution in [0.1, 0.15) is 42.0 Å². The van der Waals surface area contributed by atoms with Gasteiger partial charge in [0.2, 0.25) is 5.91 Å². The van der Waals surface area contributed by atoms with E-state index in [9.17, 15) is 4.79 Å². The number of hydrogen-bond acceptors (Lipinski definition) is 4. The number of halogens is 1. The number of hydrazone groups is 1. The van der Waals surface area contributed by atoms with Crippen molar-refractivity contribution in [2.45, 2.75) is 32.4 Å². The Balaban J connectivity index is 2.28. The van der Waals surface area contributed by atoms with Gasteiger partial charge in [-0.2, -0.15) is 16.9 Å². The molecule has 1 N–H and O–H groups in total. The average Bonchev–Trinajstić information content (AvgIpc) is 3.03. The summed E-state index contributed by atoms with van der Waals surface area (Å²) in [4.78, 5) is 14.1. The van der Waals surface area contributed by atoms with Gasteiger partial charge in [0, 0.05) is 27.6 Å². The molecule has 0 bridgehead atoms. The molecule has 0 fully saturated rings. The minimum atomic E-state index is -0.0673. The zero-order valence-electron chi connectivity index (χ0n) is 13.8. The Labute approximate surface area is 156 Å². The molecule has 1 aromatic carbocycles. The van der Waals surface area contributed by atoms with Gasteiger partial charge in [-0.1, -0.05) is 37.6 Å². The Morgan fingerprint density at radius 3 is 2.62 bits per heavy atom. The van der Waals surface area contributed by atoms with Crippen molar-refractivity contribution in [3.8, 4) is 0 Å². The number of hydrogen-bond donors (Lipinski definition) is 1. The molecule has 0 spiro atoms. The largest absolute Gasteiger partial charge is 0.273 e. The van der Waals surface area contributed by atoms with Crippen LogP contribution in [0.15, 0.2) is 41.5 Å². The molecule has 1 amide bonds. The second-order valence-electron chi connectivity index (χ2n) is 5.16. The van der Waals surface area contributed by atoms with Crippen LogP contribution in [-0.4, -0.2) is 17.4 Å². The van der Waals surface area contributed by atoms with Gasteiger partial charge in [0.05, 0.1) is 4.88 Å². The molecule has 0 unspecified atom stereocenters. The van der Waals surface area contributed by atoms with Crippen molar-refractivity contribution >= 4 is 46.3 Å². The maximum atomic E-state index is 11.8. The third-order valence-corrected chi connectivity index (χ3v) is 5.68. The molecule has 2 rings (SSSR count). The first kappa shape index (κ1) is 19.0. The zero-order chi connectivity index (χ0) is 17.4. The Morgan fingerprint density at radius 2 is 1.96 bits per heavy atom. The van der Waals surface area contributed by atoms with Gasteiger partial charge in [-0.15, -0.1) is 11.3 Å². The van der Waals surface area contributed by atoms with Crippen LogP contribution < -0.4 is 5.43 Å². The fourth-order valence-corrected chi connectivity index (χ4v) is 3.98. The van der Waals surface area contributed by atoms with Gasteiger partial charge >= 0.3 is 0 Å². The van der Waals surface area contributed by atoms with Crippen LogP contribution in [0.4, 0.5) is 0 Å². The number of amides is 1. The van der Waals surface area contributed by atoms with E-state index in [1.165, 1.54) is 4.88 Å². The maximum absolute atomic E-state index is 11.8. The third-order valence-electron chi connectivity index (χ3n) is 3.23. The van der Waals surface area contributed by atoms with Crippen molar-refractivity contribution in [2.75, 3.05) is 5.75 Å². The highest BCUT2D eigenvalue weighted by molar-refractivity contribution is 7.98. The van der Waals surface area contributed by atoms with Gasteiger partial charge in [0.15, 0.2) is 0 Å². The Morgan fingerprint density at radius 1 is 1.21 bits per heavy atom. The van der Waals surface area contributed by atoms with E-state index in [0.29, 0.717) is 11.4 Å². The van der Waals surface area contributed by atoms with Crippen LogP contribution >= 0.6 is 34.7 Å². The third kappa shape index (κ3) is 5.65. The Kier molecular flexibility index (Phi) is 7.82. The normalized spacial score (nSPS) is 11.5.